The summed E-state index contributed by atoms with van der Waals surface area (Å²) >= 11 is 5.81. The lowest BCUT2D eigenvalue weighted by molar-refractivity contribution is 0.306. The SMILES string of the molecule is O=c1[nH]c2ccc(OCc3ccc(Cl)cc3)cc2o1. The topological polar surface area (TPSA) is 55.2 Å². The van der Waals surface area contributed by atoms with Crippen LogP contribution in [0, 0.1) is 0 Å². The number of hydrogen-bond donors (Lipinski definition) is 1. The van der Waals surface area contributed by atoms with E-state index >= 15 is 0 Å². The van der Waals surface area contributed by atoms with Crippen molar-refractivity contribution in [3.05, 3.63) is 63.6 Å². The molecule has 0 bridgehead atoms. The second kappa shape index (κ2) is 4.82. The first-order chi connectivity index (χ1) is 9.20. The van der Waals surface area contributed by atoms with Gasteiger partial charge < -0.3 is 9.15 Å². The Labute approximate surface area is 113 Å². The van der Waals surface area contributed by atoms with Crippen molar-refractivity contribution in [1.29, 1.82) is 0 Å². The van der Waals surface area contributed by atoms with Crippen LogP contribution >= 0.6 is 11.6 Å². The van der Waals surface area contributed by atoms with Crippen LogP contribution in [-0.2, 0) is 6.61 Å². The molecular formula is C14H10ClNO3. The van der Waals surface area contributed by atoms with Gasteiger partial charge in [0.25, 0.3) is 0 Å². The average molecular weight is 276 g/mol. The molecule has 0 unspecified atom stereocenters. The van der Waals surface area contributed by atoms with Crippen LogP contribution in [0.25, 0.3) is 11.1 Å². The van der Waals surface area contributed by atoms with Crippen molar-refractivity contribution in [2.24, 2.45) is 0 Å². The number of aromatic amines is 1. The zero-order chi connectivity index (χ0) is 13.2. The van der Waals surface area contributed by atoms with Crippen LogP contribution in [0.15, 0.2) is 51.7 Å². The van der Waals surface area contributed by atoms with Crippen molar-refractivity contribution in [3.8, 4) is 5.75 Å². The minimum absolute atomic E-state index is 0.428. The third-order valence-electron chi connectivity index (χ3n) is 2.71. The maximum atomic E-state index is 11.0. The third-order valence-corrected chi connectivity index (χ3v) is 2.96. The summed E-state index contributed by atoms with van der Waals surface area (Å²) in [6, 6.07) is 12.6. The molecule has 19 heavy (non-hydrogen) atoms. The summed E-state index contributed by atoms with van der Waals surface area (Å²) in [5.74, 6) is 0.176. The standard InChI is InChI=1S/C14H10ClNO3/c15-10-3-1-9(2-4-10)8-18-11-5-6-12-13(7-11)19-14(17)16-12/h1-7H,8H2,(H,16,17). The molecule has 0 atom stereocenters. The molecule has 96 valence electrons. The molecule has 3 aromatic rings. The average Bonchev–Trinajstić information content (AvgIpc) is 2.77. The predicted molar refractivity (Wildman–Crippen MR) is 72.6 cm³/mol. The van der Waals surface area contributed by atoms with Gasteiger partial charge in [-0.05, 0) is 29.8 Å². The second-order valence-electron chi connectivity index (χ2n) is 4.09. The predicted octanol–water partition coefficient (Wildman–Crippen LogP) is 3.35. The summed E-state index contributed by atoms with van der Waals surface area (Å²) in [5, 5.41) is 0.694. The molecule has 0 aliphatic carbocycles. The third kappa shape index (κ3) is 2.63. The number of fused-ring (bicyclic) bond motifs is 1. The molecule has 0 saturated carbocycles. The van der Waals surface area contributed by atoms with Gasteiger partial charge in [0.15, 0.2) is 5.58 Å². The fraction of sp³-hybridized carbons (Fsp3) is 0.0714. The molecule has 1 heterocycles. The maximum Gasteiger partial charge on any atom is 0.417 e. The lowest BCUT2D eigenvalue weighted by atomic mass is 10.2. The minimum Gasteiger partial charge on any atom is -0.489 e. The van der Waals surface area contributed by atoms with E-state index in [2.05, 4.69) is 4.98 Å². The molecule has 3 rings (SSSR count). The number of nitrogens with one attached hydrogen (secondary N) is 1. The van der Waals surface area contributed by atoms with Crippen molar-refractivity contribution in [3.63, 3.8) is 0 Å². The van der Waals surface area contributed by atoms with Crippen LogP contribution in [0.2, 0.25) is 5.02 Å². The van der Waals surface area contributed by atoms with Crippen LogP contribution in [0.5, 0.6) is 5.75 Å². The quantitative estimate of drug-likeness (QED) is 0.797. The number of halogens is 1. The fourth-order valence-electron chi connectivity index (χ4n) is 1.76. The van der Waals surface area contributed by atoms with Gasteiger partial charge in [0, 0.05) is 11.1 Å². The van der Waals surface area contributed by atoms with E-state index in [-0.39, 0.29) is 0 Å². The van der Waals surface area contributed by atoms with E-state index in [1.165, 1.54) is 0 Å². The van der Waals surface area contributed by atoms with Crippen molar-refractivity contribution in [1.82, 2.24) is 4.98 Å². The Morgan fingerprint density at radius 3 is 2.74 bits per heavy atom. The molecule has 0 radical (unpaired) electrons. The summed E-state index contributed by atoms with van der Waals surface area (Å²) in [6.45, 7) is 0.428. The number of oxazole rings is 1. The van der Waals surface area contributed by atoms with Crippen LogP contribution in [-0.4, -0.2) is 4.98 Å². The Balaban J connectivity index is 1.77. The summed E-state index contributed by atoms with van der Waals surface area (Å²) in [7, 11) is 0. The highest BCUT2D eigenvalue weighted by atomic mass is 35.5. The van der Waals surface area contributed by atoms with Crippen LogP contribution in [0.3, 0.4) is 0 Å². The fourth-order valence-corrected chi connectivity index (χ4v) is 1.89. The van der Waals surface area contributed by atoms with Gasteiger partial charge in [-0.25, -0.2) is 4.79 Å². The number of hydrogen-bond acceptors (Lipinski definition) is 3. The van der Waals surface area contributed by atoms with Gasteiger partial charge in [-0.3, -0.25) is 4.98 Å². The molecule has 1 aromatic heterocycles. The zero-order valence-electron chi connectivity index (χ0n) is 9.85. The van der Waals surface area contributed by atoms with E-state index in [4.69, 9.17) is 20.8 Å². The van der Waals surface area contributed by atoms with Gasteiger partial charge in [-0.15, -0.1) is 0 Å². The van der Waals surface area contributed by atoms with Gasteiger partial charge in [-0.2, -0.15) is 0 Å². The largest absolute Gasteiger partial charge is 0.489 e. The Morgan fingerprint density at radius 1 is 1.16 bits per heavy atom. The number of ether oxygens (including phenoxy) is 1. The lowest BCUT2D eigenvalue weighted by Crippen LogP contribution is -1.94. The van der Waals surface area contributed by atoms with E-state index in [1.54, 1.807) is 18.2 Å². The molecule has 0 aliphatic heterocycles. The van der Waals surface area contributed by atoms with E-state index in [1.807, 2.05) is 24.3 Å². The number of benzene rings is 2. The summed E-state index contributed by atoms with van der Waals surface area (Å²) < 4.78 is 10.6. The Bertz CT molecular complexity index is 758. The van der Waals surface area contributed by atoms with Gasteiger partial charge in [-0.1, -0.05) is 23.7 Å². The summed E-state index contributed by atoms with van der Waals surface area (Å²) in [4.78, 5) is 13.6. The Hall–Kier alpha value is -2.20. The molecular weight excluding hydrogens is 266 g/mol. The molecule has 1 N–H and O–H groups in total. The van der Waals surface area contributed by atoms with Gasteiger partial charge >= 0.3 is 5.76 Å². The van der Waals surface area contributed by atoms with Crippen molar-refractivity contribution in [2.45, 2.75) is 6.61 Å². The number of H-pyrrole nitrogens is 1. The summed E-state index contributed by atoms with van der Waals surface area (Å²) in [5.41, 5.74) is 2.16. The van der Waals surface area contributed by atoms with Crippen LogP contribution < -0.4 is 10.5 Å². The first-order valence-corrected chi connectivity index (χ1v) is 6.09. The maximum absolute atomic E-state index is 11.0. The molecule has 4 nitrogen and oxygen atoms in total. The lowest BCUT2D eigenvalue weighted by Gasteiger charge is -2.05. The second-order valence-corrected chi connectivity index (χ2v) is 4.52. The molecule has 2 aromatic carbocycles. The van der Waals surface area contributed by atoms with Gasteiger partial charge in [0.2, 0.25) is 0 Å². The van der Waals surface area contributed by atoms with E-state index in [9.17, 15) is 4.79 Å². The van der Waals surface area contributed by atoms with Gasteiger partial charge in [0.05, 0.1) is 5.52 Å². The Morgan fingerprint density at radius 2 is 1.95 bits per heavy atom. The highest BCUT2D eigenvalue weighted by Crippen LogP contribution is 2.19. The highest BCUT2D eigenvalue weighted by Gasteiger charge is 2.03. The number of aromatic nitrogens is 1. The normalized spacial score (nSPS) is 10.8. The molecule has 5 heteroatoms. The summed E-state index contributed by atoms with van der Waals surface area (Å²) in [6.07, 6.45) is 0. The highest BCUT2D eigenvalue weighted by molar-refractivity contribution is 6.30. The monoisotopic (exact) mass is 275 g/mol. The van der Waals surface area contributed by atoms with E-state index < -0.39 is 5.76 Å². The molecule has 0 aliphatic rings. The molecule has 0 fully saturated rings. The molecule has 0 saturated heterocycles. The van der Waals surface area contributed by atoms with Crippen LogP contribution in [0.1, 0.15) is 5.56 Å². The van der Waals surface area contributed by atoms with Crippen molar-refractivity contribution >= 4 is 22.7 Å². The number of rotatable bonds is 3. The van der Waals surface area contributed by atoms with Crippen molar-refractivity contribution < 1.29 is 9.15 Å². The van der Waals surface area contributed by atoms with E-state index in [0.29, 0.717) is 28.5 Å². The molecule has 0 amide bonds. The zero-order valence-corrected chi connectivity index (χ0v) is 10.6. The molecule has 0 spiro atoms. The Kier molecular flexibility index (Phi) is 3.01. The minimum atomic E-state index is -0.468. The first-order valence-electron chi connectivity index (χ1n) is 5.71. The van der Waals surface area contributed by atoms with Crippen LogP contribution in [0.4, 0.5) is 0 Å². The van der Waals surface area contributed by atoms with Gasteiger partial charge in [0.1, 0.15) is 12.4 Å². The van der Waals surface area contributed by atoms with E-state index in [0.717, 1.165) is 5.56 Å². The van der Waals surface area contributed by atoms with Crippen molar-refractivity contribution in [2.75, 3.05) is 0 Å². The smallest absolute Gasteiger partial charge is 0.417 e. The first kappa shape index (κ1) is 11.9.